The molecule has 1 rings (SSSR count). The number of hydrogen-bond donors (Lipinski definition) is 1. The van der Waals surface area contributed by atoms with Gasteiger partial charge in [-0.3, -0.25) is 4.68 Å². The van der Waals surface area contributed by atoms with Gasteiger partial charge in [0.1, 0.15) is 0 Å². The molecule has 1 N–H and O–H groups in total. The molecule has 0 amide bonds. The van der Waals surface area contributed by atoms with Crippen LogP contribution in [0.15, 0.2) is 6.20 Å². The monoisotopic (exact) mass is 223 g/mol. The van der Waals surface area contributed by atoms with E-state index in [1.165, 1.54) is 31.2 Å². The molecule has 0 saturated carbocycles. The number of nitrogens with zero attached hydrogens (tertiary/aromatic N) is 2. The molecule has 0 spiro atoms. The van der Waals surface area contributed by atoms with Gasteiger partial charge in [-0.2, -0.15) is 5.10 Å². The molecule has 0 radical (unpaired) electrons. The third kappa shape index (κ3) is 4.35. The summed E-state index contributed by atoms with van der Waals surface area (Å²) in [5.41, 5.74) is 2.49. The number of rotatable bonds is 8. The van der Waals surface area contributed by atoms with Crippen molar-refractivity contribution in [1.82, 2.24) is 15.1 Å². The lowest BCUT2D eigenvalue weighted by molar-refractivity contribution is 0.597. The molecule has 0 saturated heterocycles. The maximum atomic E-state index is 4.43. The first-order valence-corrected chi connectivity index (χ1v) is 6.51. The van der Waals surface area contributed by atoms with Gasteiger partial charge in [-0.25, -0.2) is 0 Å². The Morgan fingerprint density at radius 1 is 1.25 bits per heavy atom. The Morgan fingerprint density at radius 3 is 2.69 bits per heavy atom. The number of hydrogen-bond acceptors (Lipinski definition) is 2. The van der Waals surface area contributed by atoms with Gasteiger partial charge in [-0.15, -0.1) is 0 Å². The molecule has 3 heteroatoms. The van der Waals surface area contributed by atoms with E-state index in [2.05, 4.69) is 37.4 Å². The minimum atomic E-state index is 0.956. The van der Waals surface area contributed by atoms with Crippen molar-refractivity contribution < 1.29 is 0 Å². The first kappa shape index (κ1) is 13.2. The van der Waals surface area contributed by atoms with Gasteiger partial charge in [0.05, 0.1) is 5.69 Å². The van der Waals surface area contributed by atoms with Crippen LogP contribution in [0.5, 0.6) is 0 Å². The third-order valence-electron chi connectivity index (χ3n) is 2.89. The van der Waals surface area contributed by atoms with Gasteiger partial charge in [0.15, 0.2) is 0 Å². The van der Waals surface area contributed by atoms with E-state index >= 15 is 0 Å². The lowest BCUT2D eigenvalue weighted by Gasteiger charge is -2.03. The molecule has 0 unspecified atom stereocenters. The zero-order valence-corrected chi connectivity index (χ0v) is 10.9. The summed E-state index contributed by atoms with van der Waals surface area (Å²) in [4.78, 5) is 0. The van der Waals surface area contributed by atoms with Gasteiger partial charge < -0.3 is 5.32 Å². The third-order valence-corrected chi connectivity index (χ3v) is 2.89. The smallest absolute Gasteiger partial charge is 0.0638 e. The van der Waals surface area contributed by atoms with Gasteiger partial charge in [0, 0.05) is 24.8 Å². The highest BCUT2D eigenvalue weighted by atomic mass is 15.3. The Balaban J connectivity index is 2.18. The predicted molar refractivity (Wildman–Crippen MR) is 68.5 cm³/mol. The molecule has 1 heterocycles. The topological polar surface area (TPSA) is 29.9 Å². The molecule has 92 valence electrons. The number of unbranched alkanes of at least 4 members (excludes halogenated alkanes) is 3. The molecule has 0 aliphatic rings. The fourth-order valence-electron chi connectivity index (χ4n) is 1.79. The lowest BCUT2D eigenvalue weighted by atomic mass is 10.2. The fourth-order valence-corrected chi connectivity index (χ4v) is 1.79. The van der Waals surface area contributed by atoms with E-state index in [0.717, 1.165) is 25.3 Å². The maximum absolute atomic E-state index is 4.43. The van der Waals surface area contributed by atoms with E-state index in [4.69, 9.17) is 0 Å². The summed E-state index contributed by atoms with van der Waals surface area (Å²) >= 11 is 0. The van der Waals surface area contributed by atoms with E-state index in [0.29, 0.717) is 0 Å². The zero-order chi connectivity index (χ0) is 11.8. The highest BCUT2D eigenvalue weighted by Crippen LogP contribution is 2.05. The average Bonchev–Trinajstić information content (AvgIpc) is 2.65. The summed E-state index contributed by atoms with van der Waals surface area (Å²) in [5, 5.41) is 7.92. The second-order valence-corrected chi connectivity index (χ2v) is 4.33. The van der Waals surface area contributed by atoms with Crippen LogP contribution in [0.25, 0.3) is 0 Å². The Labute approximate surface area is 99.2 Å². The first-order chi connectivity index (χ1) is 7.77. The Bertz CT molecular complexity index is 291. The molecule has 0 bridgehead atoms. The Hall–Kier alpha value is -0.830. The number of nitrogens with one attached hydrogen (secondary N) is 1. The number of aryl methyl sites for hydroxylation is 2. The van der Waals surface area contributed by atoms with Crippen LogP contribution in [-0.4, -0.2) is 16.3 Å². The first-order valence-electron chi connectivity index (χ1n) is 6.51. The maximum Gasteiger partial charge on any atom is 0.0638 e. The van der Waals surface area contributed by atoms with E-state index in [1.807, 2.05) is 4.68 Å². The SMILES string of the molecule is CCCCCCNCc1cn(CC)nc1C. The van der Waals surface area contributed by atoms with E-state index in [1.54, 1.807) is 0 Å². The normalized spacial score (nSPS) is 10.9. The van der Waals surface area contributed by atoms with Crippen molar-refractivity contribution in [2.75, 3.05) is 6.54 Å². The molecule has 0 aromatic carbocycles. The summed E-state index contributed by atoms with van der Waals surface area (Å²) < 4.78 is 2.00. The van der Waals surface area contributed by atoms with Crippen LogP contribution in [0, 0.1) is 6.92 Å². The van der Waals surface area contributed by atoms with Crippen LogP contribution in [0.1, 0.15) is 50.8 Å². The summed E-state index contributed by atoms with van der Waals surface area (Å²) in [5.74, 6) is 0. The standard InChI is InChI=1S/C13H25N3/c1-4-6-7-8-9-14-10-13-11-16(5-2)15-12(13)3/h11,14H,4-10H2,1-3H3. The van der Waals surface area contributed by atoms with Crippen LogP contribution in [-0.2, 0) is 13.1 Å². The van der Waals surface area contributed by atoms with Crippen molar-refractivity contribution in [3.63, 3.8) is 0 Å². The van der Waals surface area contributed by atoms with Gasteiger partial charge in [-0.1, -0.05) is 26.2 Å². The number of aromatic nitrogens is 2. The van der Waals surface area contributed by atoms with Gasteiger partial charge >= 0.3 is 0 Å². The summed E-state index contributed by atoms with van der Waals surface area (Å²) in [6.07, 6.45) is 7.44. The van der Waals surface area contributed by atoms with E-state index in [9.17, 15) is 0 Å². The van der Waals surface area contributed by atoms with Crippen molar-refractivity contribution in [1.29, 1.82) is 0 Å². The lowest BCUT2D eigenvalue weighted by Crippen LogP contribution is -2.14. The van der Waals surface area contributed by atoms with Crippen LogP contribution in [0.4, 0.5) is 0 Å². The van der Waals surface area contributed by atoms with E-state index < -0.39 is 0 Å². The van der Waals surface area contributed by atoms with Crippen molar-refractivity contribution >= 4 is 0 Å². The van der Waals surface area contributed by atoms with Crippen molar-refractivity contribution in [3.05, 3.63) is 17.5 Å². The van der Waals surface area contributed by atoms with E-state index in [-0.39, 0.29) is 0 Å². The molecule has 1 aromatic rings. The highest BCUT2D eigenvalue weighted by Gasteiger charge is 2.02. The highest BCUT2D eigenvalue weighted by molar-refractivity contribution is 5.14. The minimum absolute atomic E-state index is 0.956. The molecule has 16 heavy (non-hydrogen) atoms. The molecular weight excluding hydrogens is 198 g/mol. The van der Waals surface area contributed by atoms with Crippen molar-refractivity contribution in [2.24, 2.45) is 0 Å². The Kier molecular flexibility index (Phi) is 6.16. The van der Waals surface area contributed by atoms with Crippen molar-refractivity contribution in [2.45, 2.75) is 59.5 Å². The van der Waals surface area contributed by atoms with Crippen LogP contribution in [0.3, 0.4) is 0 Å². The Morgan fingerprint density at radius 2 is 2.06 bits per heavy atom. The quantitative estimate of drug-likeness (QED) is 0.687. The summed E-state index contributed by atoms with van der Waals surface area (Å²) in [6.45, 7) is 9.48. The van der Waals surface area contributed by atoms with Crippen LogP contribution >= 0.6 is 0 Å². The fraction of sp³-hybridized carbons (Fsp3) is 0.769. The van der Waals surface area contributed by atoms with Crippen molar-refractivity contribution in [3.8, 4) is 0 Å². The summed E-state index contributed by atoms with van der Waals surface area (Å²) in [7, 11) is 0. The van der Waals surface area contributed by atoms with Crippen LogP contribution in [0.2, 0.25) is 0 Å². The second-order valence-electron chi connectivity index (χ2n) is 4.33. The molecular formula is C13H25N3. The largest absolute Gasteiger partial charge is 0.313 e. The van der Waals surface area contributed by atoms with Crippen LogP contribution < -0.4 is 5.32 Å². The van der Waals surface area contributed by atoms with Gasteiger partial charge in [0.2, 0.25) is 0 Å². The van der Waals surface area contributed by atoms with Gasteiger partial charge in [-0.05, 0) is 26.8 Å². The molecule has 0 fully saturated rings. The molecule has 0 aliphatic carbocycles. The second kappa shape index (κ2) is 7.44. The minimum Gasteiger partial charge on any atom is -0.313 e. The van der Waals surface area contributed by atoms with Gasteiger partial charge in [0.25, 0.3) is 0 Å². The zero-order valence-electron chi connectivity index (χ0n) is 10.9. The molecule has 1 aromatic heterocycles. The molecule has 0 atom stereocenters. The average molecular weight is 223 g/mol. The summed E-state index contributed by atoms with van der Waals surface area (Å²) in [6, 6.07) is 0. The molecule has 0 aliphatic heterocycles. The predicted octanol–water partition coefficient (Wildman–Crippen LogP) is 2.88. The molecule has 3 nitrogen and oxygen atoms in total.